The molecule has 7 nitrogen and oxygen atoms in total. The second kappa shape index (κ2) is 6.14. The van der Waals surface area contributed by atoms with Crippen LogP contribution in [0.4, 0.5) is 11.4 Å². The Labute approximate surface area is 134 Å². The van der Waals surface area contributed by atoms with Crippen LogP contribution in [0.3, 0.4) is 0 Å². The molecule has 7 heteroatoms. The molecule has 0 amide bonds. The first-order valence-electron chi connectivity index (χ1n) is 7.81. The van der Waals surface area contributed by atoms with Crippen molar-refractivity contribution < 1.29 is 14.4 Å². The average molecular weight is 317 g/mol. The Balaban J connectivity index is 1.80. The van der Waals surface area contributed by atoms with Crippen LogP contribution in [0.1, 0.15) is 31.7 Å². The number of non-ortho nitro benzene ring substituents is 1. The minimum atomic E-state index is -0.499. The summed E-state index contributed by atoms with van der Waals surface area (Å²) in [5.74, 6) is 0. The molecule has 1 aliphatic heterocycles. The molecule has 1 N–H and O–H groups in total. The Morgan fingerprint density at radius 1 is 1.61 bits per heavy atom. The highest BCUT2D eigenvalue weighted by atomic mass is 16.6. The molecule has 1 saturated carbocycles. The molecule has 1 aliphatic carbocycles. The topological polar surface area (TPSA) is 97.4 Å². The van der Waals surface area contributed by atoms with Crippen molar-refractivity contribution in [3.8, 4) is 6.07 Å². The van der Waals surface area contributed by atoms with Gasteiger partial charge in [-0.05, 0) is 32.3 Å². The largest absolute Gasteiger partial charge is 0.378 e. The van der Waals surface area contributed by atoms with Gasteiger partial charge in [-0.25, -0.2) is 0 Å². The van der Waals surface area contributed by atoms with Crippen LogP contribution in [0.2, 0.25) is 0 Å². The number of anilines is 1. The van der Waals surface area contributed by atoms with Crippen LogP contribution in [-0.2, 0) is 9.47 Å². The first kappa shape index (κ1) is 15.7. The number of nitriles is 1. The van der Waals surface area contributed by atoms with Crippen molar-refractivity contribution in [2.75, 3.05) is 18.5 Å². The molecular weight excluding hydrogens is 298 g/mol. The van der Waals surface area contributed by atoms with Gasteiger partial charge in [0, 0.05) is 25.3 Å². The molecule has 0 bridgehead atoms. The quantitative estimate of drug-likeness (QED) is 0.662. The Kier molecular flexibility index (Phi) is 4.20. The number of hydrogen-bond acceptors (Lipinski definition) is 6. The summed E-state index contributed by atoms with van der Waals surface area (Å²) in [6.07, 6.45) is 2.78. The lowest BCUT2D eigenvalue weighted by atomic mass is 9.69. The number of ether oxygens (including phenoxy) is 2. The molecule has 122 valence electrons. The van der Waals surface area contributed by atoms with Gasteiger partial charge in [-0.15, -0.1) is 0 Å². The third-order valence-electron chi connectivity index (χ3n) is 4.70. The van der Waals surface area contributed by atoms with E-state index in [4.69, 9.17) is 9.47 Å². The van der Waals surface area contributed by atoms with Crippen LogP contribution in [0.5, 0.6) is 0 Å². The Bertz CT molecular complexity index is 649. The van der Waals surface area contributed by atoms with Crippen molar-refractivity contribution in [1.82, 2.24) is 0 Å². The molecule has 3 rings (SSSR count). The number of nitro groups is 1. The van der Waals surface area contributed by atoms with Gasteiger partial charge in [0.15, 0.2) is 0 Å². The maximum atomic E-state index is 10.8. The molecule has 1 spiro atoms. The van der Waals surface area contributed by atoms with Crippen molar-refractivity contribution in [3.63, 3.8) is 0 Å². The highest BCUT2D eigenvalue weighted by molar-refractivity contribution is 5.62. The van der Waals surface area contributed by atoms with Crippen molar-refractivity contribution in [2.45, 2.75) is 43.9 Å². The van der Waals surface area contributed by atoms with Gasteiger partial charge in [-0.1, -0.05) is 0 Å². The number of hydrogen-bond donors (Lipinski definition) is 1. The van der Waals surface area contributed by atoms with Gasteiger partial charge in [0.05, 0.1) is 28.3 Å². The van der Waals surface area contributed by atoms with E-state index in [-0.39, 0.29) is 29.0 Å². The zero-order chi connectivity index (χ0) is 16.4. The normalized spacial score (nSPS) is 29.0. The summed E-state index contributed by atoms with van der Waals surface area (Å²) >= 11 is 0. The number of nitrogens with one attached hydrogen (secondary N) is 1. The van der Waals surface area contributed by atoms with E-state index in [9.17, 15) is 15.4 Å². The van der Waals surface area contributed by atoms with Crippen LogP contribution in [0.25, 0.3) is 0 Å². The predicted octanol–water partition coefficient (Wildman–Crippen LogP) is 2.60. The molecule has 23 heavy (non-hydrogen) atoms. The van der Waals surface area contributed by atoms with Gasteiger partial charge < -0.3 is 14.8 Å². The van der Waals surface area contributed by atoms with Crippen molar-refractivity contribution >= 4 is 11.4 Å². The van der Waals surface area contributed by atoms with Crippen LogP contribution in [0, 0.1) is 21.4 Å². The lowest BCUT2D eigenvalue weighted by molar-refractivity contribution is -0.384. The van der Waals surface area contributed by atoms with E-state index in [1.165, 1.54) is 12.1 Å². The summed E-state index contributed by atoms with van der Waals surface area (Å²) < 4.78 is 11.8. The third kappa shape index (κ3) is 2.64. The summed E-state index contributed by atoms with van der Waals surface area (Å²) in [5.41, 5.74) is 0.449. The molecule has 1 saturated heterocycles. The molecule has 3 atom stereocenters. The summed E-state index contributed by atoms with van der Waals surface area (Å²) in [7, 11) is 0. The van der Waals surface area contributed by atoms with E-state index >= 15 is 0 Å². The molecule has 2 aliphatic rings. The fraction of sp³-hybridized carbons (Fsp3) is 0.562. The molecule has 1 aromatic rings. The molecule has 1 heterocycles. The van der Waals surface area contributed by atoms with Gasteiger partial charge in [0.25, 0.3) is 5.69 Å². The SMILES string of the molecule is CCO[C@@H]1C[C@@H](Nc2ccc([N+](=O)[O-])cc2C#N)[C@]12CCCO2. The Morgan fingerprint density at radius 3 is 3.04 bits per heavy atom. The van der Waals surface area contributed by atoms with Crippen molar-refractivity contribution in [3.05, 3.63) is 33.9 Å². The molecule has 0 radical (unpaired) electrons. The smallest absolute Gasteiger partial charge is 0.270 e. The maximum absolute atomic E-state index is 10.8. The van der Waals surface area contributed by atoms with Crippen molar-refractivity contribution in [1.29, 1.82) is 5.26 Å². The minimum Gasteiger partial charge on any atom is -0.378 e. The van der Waals surface area contributed by atoms with Gasteiger partial charge in [0.1, 0.15) is 11.7 Å². The van der Waals surface area contributed by atoms with E-state index < -0.39 is 4.92 Å². The number of nitrogens with zero attached hydrogens (tertiary/aromatic N) is 2. The third-order valence-corrected chi connectivity index (χ3v) is 4.70. The maximum Gasteiger partial charge on any atom is 0.270 e. The monoisotopic (exact) mass is 317 g/mol. The van der Waals surface area contributed by atoms with E-state index in [0.717, 1.165) is 19.3 Å². The van der Waals surface area contributed by atoms with Crippen molar-refractivity contribution in [2.24, 2.45) is 0 Å². The average Bonchev–Trinajstić information content (AvgIpc) is 3.06. The fourth-order valence-corrected chi connectivity index (χ4v) is 3.53. The number of nitro benzene ring substituents is 1. The van der Waals surface area contributed by atoms with Crippen LogP contribution in [0.15, 0.2) is 18.2 Å². The van der Waals surface area contributed by atoms with Gasteiger partial charge in [0.2, 0.25) is 0 Å². The minimum absolute atomic E-state index is 0.0510. The van der Waals surface area contributed by atoms with E-state index in [0.29, 0.717) is 18.9 Å². The number of benzene rings is 1. The lowest BCUT2D eigenvalue weighted by Gasteiger charge is -2.53. The highest BCUT2D eigenvalue weighted by Gasteiger charge is 2.58. The first-order chi connectivity index (χ1) is 11.1. The second-order valence-electron chi connectivity index (χ2n) is 5.88. The first-order valence-corrected chi connectivity index (χ1v) is 7.81. The van der Waals surface area contributed by atoms with Gasteiger partial charge in [-0.2, -0.15) is 5.26 Å². The Morgan fingerprint density at radius 2 is 2.43 bits per heavy atom. The lowest BCUT2D eigenvalue weighted by Crippen LogP contribution is -2.66. The highest BCUT2D eigenvalue weighted by Crippen LogP contribution is 2.47. The number of rotatable bonds is 5. The van der Waals surface area contributed by atoms with Crippen LogP contribution >= 0.6 is 0 Å². The van der Waals surface area contributed by atoms with Gasteiger partial charge in [-0.3, -0.25) is 10.1 Å². The van der Waals surface area contributed by atoms with Crippen LogP contribution in [-0.4, -0.2) is 35.9 Å². The zero-order valence-corrected chi connectivity index (χ0v) is 12.9. The van der Waals surface area contributed by atoms with E-state index in [1.807, 2.05) is 13.0 Å². The fourth-order valence-electron chi connectivity index (χ4n) is 3.53. The summed E-state index contributed by atoms with van der Waals surface area (Å²) in [6.45, 7) is 3.32. The summed E-state index contributed by atoms with van der Waals surface area (Å²) in [4.78, 5) is 10.3. The van der Waals surface area contributed by atoms with E-state index in [1.54, 1.807) is 6.07 Å². The van der Waals surface area contributed by atoms with Crippen LogP contribution < -0.4 is 5.32 Å². The molecule has 2 fully saturated rings. The van der Waals surface area contributed by atoms with E-state index in [2.05, 4.69) is 5.32 Å². The molecule has 0 unspecified atom stereocenters. The van der Waals surface area contributed by atoms with Gasteiger partial charge >= 0.3 is 0 Å². The zero-order valence-electron chi connectivity index (χ0n) is 12.9. The molecule has 1 aromatic carbocycles. The predicted molar refractivity (Wildman–Crippen MR) is 83.2 cm³/mol. The summed E-state index contributed by atoms with van der Waals surface area (Å²) in [6, 6.07) is 6.36. The Hall–Kier alpha value is -2.17. The second-order valence-corrected chi connectivity index (χ2v) is 5.88. The molecule has 0 aromatic heterocycles. The summed E-state index contributed by atoms with van der Waals surface area (Å²) in [5, 5.41) is 23.4. The standard InChI is InChI=1S/C16H19N3O4/c1-2-22-15-9-14(16(15)6-3-7-23-16)18-13-5-4-12(19(20)21)8-11(13)10-17/h4-5,8,14-15,18H,2-3,6-7,9H2,1H3/t14-,15-,16-/m1/s1. The molecular formula is C16H19N3O4.